The lowest BCUT2D eigenvalue weighted by Gasteiger charge is -2.39. The van der Waals surface area contributed by atoms with Crippen LogP contribution >= 0.6 is 0 Å². The summed E-state index contributed by atoms with van der Waals surface area (Å²) in [6.07, 6.45) is 6.45. The minimum atomic E-state index is -0.861. The molecular weight excluding hydrogens is 128 g/mol. The van der Waals surface area contributed by atoms with Gasteiger partial charge in [0.2, 0.25) is 0 Å². The monoisotopic (exact) mass is 140 g/mol. The van der Waals surface area contributed by atoms with E-state index in [0.717, 1.165) is 0 Å². The van der Waals surface area contributed by atoms with Gasteiger partial charge in [-0.2, -0.15) is 0 Å². The molecule has 2 heteroatoms. The number of hydrogen-bond acceptors (Lipinski definition) is 2. The van der Waals surface area contributed by atoms with E-state index in [1.54, 1.807) is 0 Å². The highest BCUT2D eigenvalue weighted by molar-refractivity contribution is 5.15. The molecule has 0 bridgehead atoms. The van der Waals surface area contributed by atoms with Gasteiger partial charge in [0, 0.05) is 19.4 Å². The summed E-state index contributed by atoms with van der Waals surface area (Å²) in [6.45, 7) is 2.64. The van der Waals surface area contributed by atoms with Gasteiger partial charge in [-0.3, -0.25) is 0 Å². The first-order chi connectivity index (χ1) is 4.70. The summed E-state index contributed by atoms with van der Waals surface area (Å²) in [5.74, 6) is 2.34. The summed E-state index contributed by atoms with van der Waals surface area (Å²) < 4.78 is 5.22. The van der Waals surface area contributed by atoms with E-state index in [1.807, 2.05) is 6.92 Å². The third-order valence-electron chi connectivity index (χ3n) is 1.80. The highest BCUT2D eigenvalue weighted by Gasteiger charge is 2.41. The molecule has 56 valence electrons. The molecule has 0 aliphatic heterocycles. The first-order valence-electron chi connectivity index (χ1n) is 3.52. The molecule has 1 fully saturated rings. The fourth-order valence-corrected chi connectivity index (χ4v) is 1.16. The average molecular weight is 140 g/mol. The van der Waals surface area contributed by atoms with E-state index in [1.165, 1.54) is 0 Å². The highest BCUT2D eigenvalue weighted by Crippen LogP contribution is 2.33. The summed E-state index contributed by atoms with van der Waals surface area (Å²) in [7, 11) is 0. The molecule has 0 aromatic carbocycles. The van der Waals surface area contributed by atoms with Crippen LogP contribution in [-0.2, 0) is 4.74 Å². The van der Waals surface area contributed by atoms with Crippen molar-refractivity contribution in [1.29, 1.82) is 0 Å². The molecule has 1 rings (SSSR count). The second-order valence-corrected chi connectivity index (χ2v) is 2.66. The lowest BCUT2D eigenvalue weighted by Crippen LogP contribution is -2.47. The molecule has 1 aliphatic carbocycles. The zero-order chi connectivity index (χ0) is 7.61. The SMILES string of the molecule is C#CC1(O)CC(OCC)C1. The van der Waals surface area contributed by atoms with Gasteiger partial charge >= 0.3 is 0 Å². The van der Waals surface area contributed by atoms with Crippen LogP contribution in [0, 0.1) is 12.3 Å². The van der Waals surface area contributed by atoms with Crippen LogP contribution in [0.1, 0.15) is 19.8 Å². The standard InChI is InChI=1S/C8H12O2/c1-3-8(9)5-7(6-8)10-4-2/h1,7,9H,4-6H2,2H3. The Morgan fingerprint density at radius 1 is 1.80 bits per heavy atom. The van der Waals surface area contributed by atoms with Crippen molar-refractivity contribution in [1.82, 2.24) is 0 Å². The van der Waals surface area contributed by atoms with Crippen LogP contribution in [0.2, 0.25) is 0 Å². The van der Waals surface area contributed by atoms with Crippen LogP contribution in [0.4, 0.5) is 0 Å². The molecule has 0 radical (unpaired) electrons. The molecule has 0 saturated heterocycles. The predicted molar refractivity (Wildman–Crippen MR) is 38.4 cm³/mol. The minimum Gasteiger partial charge on any atom is -0.378 e. The van der Waals surface area contributed by atoms with Gasteiger partial charge in [-0.05, 0) is 6.92 Å². The van der Waals surface area contributed by atoms with Crippen LogP contribution in [-0.4, -0.2) is 23.4 Å². The van der Waals surface area contributed by atoms with Gasteiger partial charge in [0.05, 0.1) is 6.10 Å². The molecule has 0 unspecified atom stereocenters. The van der Waals surface area contributed by atoms with Gasteiger partial charge in [0.15, 0.2) is 0 Å². The zero-order valence-corrected chi connectivity index (χ0v) is 6.13. The van der Waals surface area contributed by atoms with Gasteiger partial charge in [-0.1, -0.05) is 5.92 Å². The Morgan fingerprint density at radius 2 is 2.40 bits per heavy atom. The normalized spacial score (nSPS) is 38.3. The molecule has 0 aromatic rings. The van der Waals surface area contributed by atoms with Gasteiger partial charge in [-0.15, -0.1) is 6.42 Å². The van der Waals surface area contributed by atoms with Crippen LogP contribution in [0.5, 0.6) is 0 Å². The largest absolute Gasteiger partial charge is 0.378 e. The first kappa shape index (κ1) is 7.59. The topological polar surface area (TPSA) is 29.5 Å². The summed E-state index contributed by atoms with van der Waals surface area (Å²) in [5, 5.41) is 9.30. The van der Waals surface area contributed by atoms with E-state index in [9.17, 15) is 5.11 Å². The molecular formula is C8H12O2. The molecule has 0 spiro atoms. The maximum Gasteiger partial charge on any atom is 0.130 e. The van der Waals surface area contributed by atoms with E-state index >= 15 is 0 Å². The molecule has 1 N–H and O–H groups in total. The third kappa shape index (κ3) is 1.31. The molecule has 0 amide bonds. The van der Waals surface area contributed by atoms with Crippen molar-refractivity contribution in [3.05, 3.63) is 0 Å². The second kappa shape index (κ2) is 2.61. The highest BCUT2D eigenvalue weighted by atomic mass is 16.5. The number of hydrogen-bond donors (Lipinski definition) is 1. The smallest absolute Gasteiger partial charge is 0.130 e. The summed E-state index contributed by atoms with van der Waals surface area (Å²) >= 11 is 0. The number of ether oxygens (including phenoxy) is 1. The first-order valence-corrected chi connectivity index (χ1v) is 3.52. The zero-order valence-electron chi connectivity index (χ0n) is 6.13. The summed E-state index contributed by atoms with van der Waals surface area (Å²) in [5.41, 5.74) is -0.861. The Labute approximate surface area is 61.2 Å². The summed E-state index contributed by atoms with van der Waals surface area (Å²) in [4.78, 5) is 0. The average Bonchev–Trinajstić information content (AvgIpc) is 1.85. The quantitative estimate of drug-likeness (QED) is 0.567. The van der Waals surface area contributed by atoms with E-state index in [-0.39, 0.29) is 6.10 Å². The Morgan fingerprint density at radius 3 is 2.80 bits per heavy atom. The van der Waals surface area contributed by atoms with E-state index in [0.29, 0.717) is 19.4 Å². The van der Waals surface area contributed by atoms with Gasteiger partial charge < -0.3 is 9.84 Å². The predicted octanol–water partition coefficient (Wildman–Crippen LogP) is 0.550. The maximum absolute atomic E-state index is 9.30. The molecule has 1 saturated carbocycles. The summed E-state index contributed by atoms with van der Waals surface area (Å²) in [6, 6.07) is 0. The van der Waals surface area contributed by atoms with Crippen molar-refractivity contribution in [2.45, 2.75) is 31.5 Å². The molecule has 0 atom stereocenters. The number of rotatable bonds is 2. The third-order valence-corrected chi connectivity index (χ3v) is 1.80. The molecule has 1 aliphatic rings. The van der Waals surface area contributed by atoms with Crippen LogP contribution in [0.3, 0.4) is 0 Å². The molecule has 0 heterocycles. The maximum atomic E-state index is 9.30. The van der Waals surface area contributed by atoms with E-state index in [4.69, 9.17) is 11.2 Å². The fourth-order valence-electron chi connectivity index (χ4n) is 1.16. The van der Waals surface area contributed by atoms with Crippen molar-refractivity contribution in [2.24, 2.45) is 0 Å². The Kier molecular flexibility index (Phi) is 1.98. The minimum absolute atomic E-state index is 0.186. The van der Waals surface area contributed by atoms with Crippen molar-refractivity contribution < 1.29 is 9.84 Å². The van der Waals surface area contributed by atoms with Crippen LogP contribution in [0.15, 0.2) is 0 Å². The fraction of sp³-hybridized carbons (Fsp3) is 0.750. The lowest BCUT2D eigenvalue weighted by molar-refractivity contribution is -0.104. The molecule has 10 heavy (non-hydrogen) atoms. The Bertz CT molecular complexity index is 151. The second-order valence-electron chi connectivity index (χ2n) is 2.66. The molecule has 2 nitrogen and oxygen atoms in total. The lowest BCUT2D eigenvalue weighted by atomic mass is 9.78. The van der Waals surface area contributed by atoms with Crippen molar-refractivity contribution >= 4 is 0 Å². The van der Waals surface area contributed by atoms with Crippen LogP contribution < -0.4 is 0 Å². The number of terminal acetylenes is 1. The van der Waals surface area contributed by atoms with Crippen molar-refractivity contribution in [2.75, 3.05) is 6.61 Å². The van der Waals surface area contributed by atoms with Crippen LogP contribution in [0.25, 0.3) is 0 Å². The Hall–Kier alpha value is -0.520. The van der Waals surface area contributed by atoms with E-state index in [2.05, 4.69) is 5.92 Å². The Balaban J connectivity index is 2.24. The molecule has 0 aromatic heterocycles. The van der Waals surface area contributed by atoms with Gasteiger partial charge in [0.1, 0.15) is 5.60 Å². The number of aliphatic hydroxyl groups is 1. The van der Waals surface area contributed by atoms with Gasteiger partial charge in [0.25, 0.3) is 0 Å². The van der Waals surface area contributed by atoms with Gasteiger partial charge in [-0.25, -0.2) is 0 Å². The van der Waals surface area contributed by atoms with Crippen molar-refractivity contribution in [3.63, 3.8) is 0 Å². The van der Waals surface area contributed by atoms with Crippen molar-refractivity contribution in [3.8, 4) is 12.3 Å². The van der Waals surface area contributed by atoms with E-state index < -0.39 is 5.60 Å².